The zero-order chi connectivity index (χ0) is 39.8. The molecule has 0 bridgehead atoms. The van der Waals surface area contributed by atoms with Crippen LogP contribution in [0.3, 0.4) is 0 Å². The van der Waals surface area contributed by atoms with Crippen LogP contribution in [0.1, 0.15) is 0 Å². The summed E-state index contributed by atoms with van der Waals surface area (Å²) in [5.74, 6) is 0. The Balaban J connectivity index is 0.937. The van der Waals surface area contributed by atoms with Gasteiger partial charge in [0, 0.05) is 38.9 Å². The predicted molar refractivity (Wildman–Crippen MR) is 255 cm³/mol. The van der Waals surface area contributed by atoms with Crippen LogP contribution in [0.5, 0.6) is 0 Å². The van der Waals surface area contributed by atoms with Gasteiger partial charge in [0.15, 0.2) is 0 Å². The molecule has 0 aliphatic heterocycles. The molecule has 0 N–H and O–H groups in total. The molecule has 10 aromatic carbocycles. The molecule has 1 heterocycles. The summed E-state index contributed by atoms with van der Waals surface area (Å²) in [7, 11) is 0. The summed E-state index contributed by atoms with van der Waals surface area (Å²) in [6, 6.07) is 87.7. The smallest absolute Gasteiger partial charge is 0.0619 e. The molecule has 0 amide bonds. The molecule has 0 aliphatic rings. The van der Waals surface area contributed by atoms with Gasteiger partial charge in [-0.2, -0.15) is 0 Å². The molecule has 60 heavy (non-hydrogen) atoms. The van der Waals surface area contributed by atoms with E-state index >= 15 is 0 Å². The summed E-state index contributed by atoms with van der Waals surface area (Å²) in [4.78, 5) is 2.35. The number of para-hydroxylation sites is 1. The molecular formula is C58H40N2. The van der Waals surface area contributed by atoms with Gasteiger partial charge in [0.05, 0.1) is 11.0 Å². The van der Waals surface area contributed by atoms with Gasteiger partial charge in [-0.1, -0.05) is 182 Å². The van der Waals surface area contributed by atoms with E-state index in [0.717, 1.165) is 22.7 Å². The normalized spacial score (nSPS) is 11.3. The van der Waals surface area contributed by atoms with Gasteiger partial charge in [0.2, 0.25) is 0 Å². The molecule has 0 spiro atoms. The van der Waals surface area contributed by atoms with Crippen molar-refractivity contribution in [1.82, 2.24) is 4.57 Å². The number of aromatic nitrogens is 1. The van der Waals surface area contributed by atoms with Crippen LogP contribution >= 0.6 is 0 Å². The predicted octanol–water partition coefficient (Wildman–Crippen LogP) is 16.1. The van der Waals surface area contributed by atoms with Gasteiger partial charge in [-0.3, -0.25) is 0 Å². The molecule has 0 aliphatic carbocycles. The summed E-state index contributed by atoms with van der Waals surface area (Å²) < 4.78 is 2.42. The molecule has 0 atom stereocenters. The third-order valence-electron chi connectivity index (χ3n) is 11.8. The highest BCUT2D eigenvalue weighted by Gasteiger charge is 2.16. The van der Waals surface area contributed by atoms with Gasteiger partial charge >= 0.3 is 0 Å². The van der Waals surface area contributed by atoms with Crippen molar-refractivity contribution in [3.8, 4) is 50.2 Å². The fourth-order valence-electron chi connectivity index (χ4n) is 8.80. The van der Waals surface area contributed by atoms with Crippen LogP contribution in [-0.4, -0.2) is 4.57 Å². The lowest BCUT2D eigenvalue weighted by molar-refractivity contribution is 1.19. The lowest BCUT2D eigenvalue weighted by Gasteiger charge is -2.26. The van der Waals surface area contributed by atoms with Crippen molar-refractivity contribution < 1.29 is 0 Å². The van der Waals surface area contributed by atoms with Crippen LogP contribution in [0.15, 0.2) is 243 Å². The number of rotatable bonds is 8. The summed E-state index contributed by atoms with van der Waals surface area (Å²) in [5.41, 5.74) is 16.5. The van der Waals surface area contributed by atoms with Gasteiger partial charge in [-0.25, -0.2) is 0 Å². The van der Waals surface area contributed by atoms with Crippen molar-refractivity contribution in [1.29, 1.82) is 0 Å². The van der Waals surface area contributed by atoms with Gasteiger partial charge in [0.25, 0.3) is 0 Å². The molecular weight excluding hydrogens is 725 g/mol. The molecule has 0 unspecified atom stereocenters. The first-order chi connectivity index (χ1) is 29.7. The largest absolute Gasteiger partial charge is 0.311 e. The van der Waals surface area contributed by atoms with E-state index in [0.29, 0.717) is 0 Å². The average Bonchev–Trinajstić information content (AvgIpc) is 3.68. The van der Waals surface area contributed by atoms with E-state index in [2.05, 4.69) is 252 Å². The third-order valence-corrected chi connectivity index (χ3v) is 11.8. The van der Waals surface area contributed by atoms with Gasteiger partial charge in [-0.05, 0) is 111 Å². The summed E-state index contributed by atoms with van der Waals surface area (Å²) in [6.07, 6.45) is 0. The molecule has 282 valence electrons. The maximum absolute atomic E-state index is 2.42. The van der Waals surface area contributed by atoms with Crippen molar-refractivity contribution in [2.45, 2.75) is 0 Å². The minimum absolute atomic E-state index is 1.10. The van der Waals surface area contributed by atoms with Crippen molar-refractivity contribution >= 4 is 49.6 Å². The number of anilines is 3. The third kappa shape index (κ3) is 6.41. The second-order valence-corrected chi connectivity index (χ2v) is 15.4. The van der Waals surface area contributed by atoms with Crippen molar-refractivity contribution in [2.24, 2.45) is 0 Å². The van der Waals surface area contributed by atoms with E-state index in [1.165, 1.54) is 77.1 Å². The lowest BCUT2D eigenvalue weighted by atomic mass is 9.99. The quantitative estimate of drug-likeness (QED) is 0.150. The molecule has 0 fully saturated rings. The SMILES string of the molecule is c1ccc(-c2ccc(N(c3ccc(-c4ccc(-n5c6ccccc6c6ccc7ccccc7c65)cc4)cc3)c3ccc(-c4cccc(-c5ccccc5)c4)cc3)cc2)cc1. The number of nitrogens with zero attached hydrogens (tertiary/aromatic N) is 2. The maximum Gasteiger partial charge on any atom is 0.0619 e. The maximum atomic E-state index is 2.42. The van der Waals surface area contributed by atoms with E-state index in [9.17, 15) is 0 Å². The van der Waals surface area contributed by atoms with Crippen LogP contribution in [0.25, 0.3) is 82.8 Å². The highest BCUT2D eigenvalue weighted by Crippen LogP contribution is 2.40. The fourth-order valence-corrected chi connectivity index (χ4v) is 8.80. The Bertz CT molecular complexity index is 3250. The second-order valence-electron chi connectivity index (χ2n) is 15.4. The Morgan fingerprint density at radius 2 is 0.683 bits per heavy atom. The Morgan fingerprint density at radius 1 is 0.267 bits per heavy atom. The molecule has 0 radical (unpaired) electrons. The van der Waals surface area contributed by atoms with E-state index in [4.69, 9.17) is 0 Å². The van der Waals surface area contributed by atoms with E-state index in [1.54, 1.807) is 0 Å². The van der Waals surface area contributed by atoms with Crippen molar-refractivity contribution in [3.63, 3.8) is 0 Å². The van der Waals surface area contributed by atoms with Gasteiger partial charge < -0.3 is 9.47 Å². The number of hydrogen-bond donors (Lipinski definition) is 0. The number of hydrogen-bond acceptors (Lipinski definition) is 1. The van der Waals surface area contributed by atoms with Crippen molar-refractivity contribution in [2.75, 3.05) is 4.90 Å². The van der Waals surface area contributed by atoms with Crippen LogP contribution < -0.4 is 4.90 Å². The zero-order valence-corrected chi connectivity index (χ0v) is 33.0. The highest BCUT2D eigenvalue weighted by atomic mass is 15.1. The van der Waals surface area contributed by atoms with E-state index in [-0.39, 0.29) is 0 Å². The van der Waals surface area contributed by atoms with E-state index < -0.39 is 0 Å². The Labute approximate surface area is 350 Å². The first-order valence-corrected chi connectivity index (χ1v) is 20.6. The summed E-state index contributed by atoms with van der Waals surface area (Å²) in [5, 5.41) is 5.05. The summed E-state index contributed by atoms with van der Waals surface area (Å²) in [6.45, 7) is 0. The van der Waals surface area contributed by atoms with Crippen LogP contribution in [0, 0.1) is 0 Å². The standard InChI is InChI=1S/C58H40N2/c1-3-12-41(13-4-1)43-22-31-50(32-23-43)59(52-35-28-46(29-36-52)49-18-11-17-48(40-49)42-14-5-2-6-15-42)51-33-24-44(25-34-51)45-26-37-53(38-27-45)60-57-21-10-9-20-55(57)56-39-30-47-16-7-8-19-54(47)58(56)60/h1-40H. The highest BCUT2D eigenvalue weighted by molar-refractivity contribution is 6.18. The van der Waals surface area contributed by atoms with Gasteiger partial charge in [0.1, 0.15) is 0 Å². The lowest BCUT2D eigenvalue weighted by Crippen LogP contribution is -2.09. The molecule has 2 nitrogen and oxygen atoms in total. The minimum atomic E-state index is 1.10. The minimum Gasteiger partial charge on any atom is -0.311 e. The van der Waals surface area contributed by atoms with Crippen LogP contribution in [0.2, 0.25) is 0 Å². The monoisotopic (exact) mass is 764 g/mol. The van der Waals surface area contributed by atoms with E-state index in [1.807, 2.05) is 0 Å². The van der Waals surface area contributed by atoms with Crippen LogP contribution in [-0.2, 0) is 0 Å². The molecule has 0 saturated carbocycles. The average molecular weight is 765 g/mol. The first kappa shape index (κ1) is 35.2. The number of benzene rings is 10. The fraction of sp³-hybridized carbons (Fsp3) is 0. The molecule has 11 rings (SSSR count). The first-order valence-electron chi connectivity index (χ1n) is 20.6. The Hall–Kier alpha value is -7.94. The Kier molecular flexibility index (Phi) is 8.87. The van der Waals surface area contributed by atoms with Crippen LogP contribution in [0.4, 0.5) is 17.1 Å². The second kappa shape index (κ2) is 15.1. The number of fused-ring (bicyclic) bond motifs is 5. The van der Waals surface area contributed by atoms with Crippen molar-refractivity contribution in [3.05, 3.63) is 243 Å². The molecule has 0 saturated heterocycles. The molecule has 11 aromatic rings. The van der Waals surface area contributed by atoms with Gasteiger partial charge in [-0.15, -0.1) is 0 Å². The molecule has 1 aromatic heterocycles. The molecule has 2 heteroatoms. The topological polar surface area (TPSA) is 8.17 Å². The Morgan fingerprint density at radius 3 is 1.25 bits per heavy atom. The zero-order valence-electron chi connectivity index (χ0n) is 33.0. The summed E-state index contributed by atoms with van der Waals surface area (Å²) >= 11 is 0.